The number of allylic oxidation sites excluding steroid dienone is 1. The van der Waals surface area contributed by atoms with Gasteiger partial charge in [0.1, 0.15) is 0 Å². The molecule has 0 bridgehead atoms. The number of carbonyl (C=O) groups excluding carboxylic acids is 2. The highest BCUT2D eigenvalue weighted by molar-refractivity contribution is 5.81. The van der Waals surface area contributed by atoms with Crippen molar-refractivity contribution in [1.82, 2.24) is 10.6 Å². The largest absolute Gasteiger partial charge is 0.493 e. The standard InChI is InChI=1S/C18H24N2O4/c1-3-4-13-5-8-15(16(11-13)23-2)24-12-17(21)19-9-10-20-18(22)14-6-7-14/h3-5,8,11,14H,6-7,9-10,12H2,1-2H3,(H,19,21)(H,20,22)/b4-3+. The monoisotopic (exact) mass is 332 g/mol. The van der Waals surface area contributed by atoms with E-state index in [0.29, 0.717) is 24.6 Å². The number of nitrogens with one attached hydrogen (secondary N) is 2. The van der Waals surface area contributed by atoms with Gasteiger partial charge in [0.15, 0.2) is 18.1 Å². The molecule has 0 unspecified atom stereocenters. The fourth-order valence-corrected chi connectivity index (χ4v) is 2.17. The van der Waals surface area contributed by atoms with E-state index in [-0.39, 0.29) is 24.3 Å². The van der Waals surface area contributed by atoms with Gasteiger partial charge in [-0.15, -0.1) is 0 Å². The van der Waals surface area contributed by atoms with Gasteiger partial charge in [0.2, 0.25) is 5.91 Å². The first-order valence-corrected chi connectivity index (χ1v) is 8.12. The number of benzene rings is 1. The maximum Gasteiger partial charge on any atom is 0.258 e. The van der Waals surface area contributed by atoms with E-state index in [9.17, 15) is 9.59 Å². The molecule has 24 heavy (non-hydrogen) atoms. The molecular formula is C18H24N2O4. The zero-order valence-electron chi connectivity index (χ0n) is 14.1. The molecule has 0 heterocycles. The Hall–Kier alpha value is -2.50. The van der Waals surface area contributed by atoms with E-state index in [0.717, 1.165) is 18.4 Å². The Balaban J connectivity index is 1.71. The minimum atomic E-state index is -0.241. The van der Waals surface area contributed by atoms with E-state index in [1.54, 1.807) is 13.2 Å². The Morgan fingerprint density at radius 3 is 2.62 bits per heavy atom. The third-order valence-corrected chi connectivity index (χ3v) is 3.60. The maximum atomic E-state index is 11.8. The lowest BCUT2D eigenvalue weighted by atomic mass is 10.2. The predicted octanol–water partition coefficient (Wildman–Crippen LogP) is 1.75. The summed E-state index contributed by atoms with van der Waals surface area (Å²) in [4.78, 5) is 23.2. The molecule has 0 spiro atoms. The van der Waals surface area contributed by atoms with Crippen LogP contribution in [0.25, 0.3) is 6.08 Å². The van der Waals surface area contributed by atoms with E-state index < -0.39 is 0 Å². The van der Waals surface area contributed by atoms with Gasteiger partial charge in [0.25, 0.3) is 5.91 Å². The number of ether oxygens (including phenoxy) is 2. The highest BCUT2D eigenvalue weighted by Gasteiger charge is 2.28. The Labute approximate surface area is 142 Å². The topological polar surface area (TPSA) is 76.7 Å². The first-order chi connectivity index (χ1) is 11.6. The first-order valence-electron chi connectivity index (χ1n) is 8.12. The summed E-state index contributed by atoms with van der Waals surface area (Å²) in [6, 6.07) is 5.52. The van der Waals surface area contributed by atoms with Crippen LogP contribution >= 0.6 is 0 Å². The summed E-state index contributed by atoms with van der Waals surface area (Å²) in [6.07, 6.45) is 5.83. The van der Waals surface area contributed by atoms with Crippen LogP contribution in [0.5, 0.6) is 11.5 Å². The number of amides is 2. The van der Waals surface area contributed by atoms with E-state index in [2.05, 4.69) is 10.6 Å². The summed E-state index contributed by atoms with van der Waals surface area (Å²) in [5.74, 6) is 1.11. The van der Waals surface area contributed by atoms with Crippen LogP contribution in [0.15, 0.2) is 24.3 Å². The molecule has 2 rings (SSSR count). The lowest BCUT2D eigenvalue weighted by molar-refractivity contribution is -0.124. The summed E-state index contributed by atoms with van der Waals surface area (Å²) in [5, 5.41) is 5.50. The molecule has 1 aliphatic rings. The van der Waals surface area contributed by atoms with Gasteiger partial charge in [-0.3, -0.25) is 9.59 Å². The van der Waals surface area contributed by atoms with Crippen LogP contribution in [0.2, 0.25) is 0 Å². The van der Waals surface area contributed by atoms with Gasteiger partial charge >= 0.3 is 0 Å². The fourth-order valence-electron chi connectivity index (χ4n) is 2.17. The fraction of sp³-hybridized carbons (Fsp3) is 0.444. The van der Waals surface area contributed by atoms with Crippen LogP contribution in [0, 0.1) is 5.92 Å². The van der Waals surface area contributed by atoms with Gasteiger partial charge in [-0.25, -0.2) is 0 Å². The first kappa shape index (κ1) is 17.8. The van der Waals surface area contributed by atoms with Gasteiger partial charge in [0.05, 0.1) is 7.11 Å². The molecule has 1 aromatic rings. The number of carbonyl (C=O) groups is 2. The van der Waals surface area contributed by atoms with Gasteiger partial charge in [0, 0.05) is 19.0 Å². The van der Waals surface area contributed by atoms with Crippen molar-refractivity contribution < 1.29 is 19.1 Å². The summed E-state index contributed by atoms with van der Waals surface area (Å²) in [5.41, 5.74) is 0.998. The lowest BCUT2D eigenvalue weighted by Gasteiger charge is -2.11. The molecule has 6 heteroatoms. The number of rotatable bonds is 9. The molecular weight excluding hydrogens is 308 g/mol. The minimum Gasteiger partial charge on any atom is -0.493 e. The normalized spacial score (nSPS) is 13.6. The van der Waals surface area contributed by atoms with Crippen LogP contribution in [0.3, 0.4) is 0 Å². The highest BCUT2D eigenvalue weighted by Crippen LogP contribution is 2.29. The number of methoxy groups -OCH3 is 1. The smallest absolute Gasteiger partial charge is 0.258 e. The highest BCUT2D eigenvalue weighted by atomic mass is 16.5. The van der Waals surface area contributed by atoms with E-state index in [1.807, 2.05) is 31.2 Å². The van der Waals surface area contributed by atoms with E-state index in [1.165, 1.54) is 0 Å². The summed E-state index contributed by atoms with van der Waals surface area (Å²) in [7, 11) is 1.56. The molecule has 0 aliphatic heterocycles. The van der Waals surface area contributed by atoms with Gasteiger partial charge in [-0.2, -0.15) is 0 Å². The van der Waals surface area contributed by atoms with Gasteiger partial charge in [-0.05, 0) is 37.5 Å². The van der Waals surface area contributed by atoms with Crippen LogP contribution < -0.4 is 20.1 Å². The second-order valence-electron chi connectivity index (χ2n) is 5.61. The van der Waals surface area contributed by atoms with Crippen molar-refractivity contribution in [2.45, 2.75) is 19.8 Å². The van der Waals surface area contributed by atoms with Crippen molar-refractivity contribution in [3.8, 4) is 11.5 Å². The average molecular weight is 332 g/mol. The van der Waals surface area contributed by atoms with Crippen molar-refractivity contribution in [2.75, 3.05) is 26.8 Å². The molecule has 2 N–H and O–H groups in total. The lowest BCUT2D eigenvalue weighted by Crippen LogP contribution is -2.37. The Morgan fingerprint density at radius 1 is 1.21 bits per heavy atom. The summed E-state index contributed by atoms with van der Waals surface area (Å²) >= 11 is 0. The molecule has 0 radical (unpaired) electrons. The Kier molecular flexibility index (Phi) is 6.66. The van der Waals surface area contributed by atoms with Crippen LogP contribution in [-0.4, -0.2) is 38.6 Å². The quantitative estimate of drug-likeness (QED) is 0.676. The molecule has 1 saturated carbocycles. The SMILES string of the molecule is C/C=C/c1ccc(OCC(=O)NCCNC(=O)C2CC2)c(OC)c1. The Bertz CT molecular complexity index is 609. The molecule has 1 fully saturated rings. The molecule has 1 aromatic carbocycles. The molecule has 1 aliphatic carbocycles. The second-order valence-corrected chi connectivity index (χ2v) is 5.61. The molecule has 130 valence electrons. The average Bonchev–Trinajstić information content (AvgIpc) is 3.42. The predicted molar refractivity (Wildman–Crippen MR) is 91.9 cm³/mol. The number of hydrogen-bond donors (Lipinski definition) is 2. The molecule has 6 nitrogen and oxygen atoms in total. The van der Waals surface area contributed by atoms with E-state index in [4.69, 9.17) is 9.47 Å². The van der Waals surface area contributed by atoms with Crippen molar-refractivity contribution in [2.24, 2.45) is 5.92 Å². The molecule has 2 amide bonds. The molecule has 0 atom stereocenters. The molecule has 0 aromatic heterocycles. The third-order valence-electron chi connectivity index (χ3n) is 3.60. The van der Waals surface area contributed by atoms with Gasteiger partial charge < -0.3 is 20.1 Å². The van der Waals surface area contributed by atoms with Gasteiger partial charge in [-0.1, -0.05) is 18.2 Å². The number of hydrogen-bond acceptors (Lipinski definition) is 4. The van der Waals surface area contributed by atoms with Crippen molar-refractivity contribution >= 4 is 17.9 Å². The second kappa shape index (κ2) is 8.96. The van der Waals surface area contributed by atoms with Crippen molar-refractivity contribution in [3.63, 3.8) is 0 Å². The van der Waals surface area contributed by atoms with Crippen molar-refractivity contribution in [1.29, 1.82) is 0 Å². The zero-order valence-corrected chi connectivity index (χ0v) is 14.1. The Morgan fingerprint density at radius 2 is 1.96 bits per heavy atom. The zero-order chi connectivity index (χ0) is 17.4. The van der Waals surface area contributed by atoms with Crippen LogP contribution in [0.1, 0.15) is 25.3 Å². The van der Waals surface area contributed by atoms with E-state index >= 15 is 0 Å². The van der Waals surface area contributed by atoms with Crippen molar-refractivity contribution in [3.05, 3.63) is 29.8 Å². The summed E-state index contributed by atoms with van der Waals surface area (Å²) < 4.78 is 10.8. The third kappa shape index (κ3) is 5.61. The van der Waals surface area contributed by atoms with Crippen LogP contribution in [-0.2, 0) is 9.59 Å². The summed E-state index contributed by atoms with van der Waals surface area (Å²) in [6.45, 7) is 2.66. The maximum absolute atomic E-state index is 11.8. The van der Waals surface area contributed by atoms with Crippen LogP contribution in [0.4, 0.5) is 0 Å². The molecule has 0 saturated heterocycles. The minimum absolute atomic E-state index is 0.0754.